The Labute approximate surface area is 147 Å². The predicted molar refractivity (Wildman–Crippen MR) is 94.3 cm³/mol. The van der Waals surface area contributed by atoms with Crippen LogP contribution in [0.5, 0.6) is 0 Å². The average Bonchev–Trinajstić information content (AvgIpc) is 2.93. The van der Waals surface area contributed by atoms with Crippen LogP contribution in [0.1, 0.15) is 17.0 Å². The van der Waals surface area contributed by atoms with Crippen LogP contribution >= 0.6 is 12.4 Å². The highest BCUT2D eigenvalue weighted by atomic mass is 35.5. The minimum absolute atomic E-state index is 0. The zero-order valence-corrected chi connectivity index (χ0v) is 14.9. The number of nitrogens with zero attached hydrogens (tertiary/aromatic N) is 1. The molecule has 130 valence electrons. The zero-order valence-electron chi connectivity index (χ0n) is 13.2. The van der Waals surface area contributed by atoms with Crippen molar-refractivity contribution in [1.29, 1.82) is 0 Å². The van der Waals surface area contributed by atoms with Gasteiger partial charge in [-0.3, -0.25) is 0 Å². The number of rotatable bonds is 3. The van der Waals surface area contributed by atoms with Gasteiger partial charge in [0, 0.05) is 25.0 Å². The third kappa shape index (κ3) is 3.32. The first-order chi connectivity index (χ1) is 10.9. The molecular weight excluding hydrogens is 351 g/mol. The fourth-order valence-corrected chi connectivity index (χ4v) is 4.64. The first-order valence-electron chi connectivity index (χ1n) is 7.47. The number of sulfonamides is 1. The second-order valence-corrected chi connectivity index (χ2v) is 7.80. The Morgan fingerprint density at radius 3 is 2.42 bits per heavy atom. The van der Waals surface area contributed by atoms with E-state index >= 15 is 0 Å². The van der Waals surface area contributed by atoms with Crippen LogP contribution in [0.25, 0.3) is 0 Å². The third-order valence-corrected chi connectivity index (χ3v) is 6.18. The van der Waals surface area contributed by atoms with E-state index in [2.05, 4.69) is 0 Å². The summed E-state index contributed by atoms with van der Waals surface area (Å²) in [6.07, 6.45) is 0. The summed E-state index contributed by atoms with van der Waals surface area (Å²) >= 11 is 0. The van der Waals surface area contributed by atoms with E-state index in [1.54, 1.807) is 19.1 Å². The molecule has 3 rings (SSSR count). The van der Waals surface area contributed by atoms with Gasteiger partial charge in [0.25, 0.3) is 0 Å². The molecule has 0 saturated carbocycles. The highest BCUT2D eigenvalue weighted by Gasteiger charge is 2.39. The van der Waals surface area contributed by atoms with Gasteiger partial charge in [-0.1, -0.05) is 42.5 Å². The van der Waals surface area contributed by atoms with Crippen LogP contribution in [-0.2, 0) is 10.0 Å². The number of aryl methyl sites for hydroxylation is 1. The lowest BCUT2D eigenvalue weighted by atomic mass is 9.95. The summed E-state index contributed by atoms with van der Waals surface area (Å²) < 4.78 is 41.0. The Morgan fingerprint density at radius 2 is 1.75 bits per heavy atom. The molecule has 2 aromatic carbocycles. The average molecular weight is 371 g/mol. The van der Waals surface area contributed by atoms with Gasteiger partial charge in [0.15, 0.2) is 0 Å². The molecule has 1 saturated heterocycles. The Morgan fingerprint density at radius 1 is 1.08 bits per heavy atom. The van der Waals surface area contributed by atoms with Gasteiger partial charge >= 0.3 is 0 Å². The molecule has 1 heterocycles. The maximum atomic E-state index is 14.2. The Kier molecular flexibility index (Phi) is 5.65. The quantitative estimate of drug-likeness (QED) is 0.903. The molecule has 4 nitrogen and oxygen atoms in total. The summed E-state index contributed by atoms with van der Waals surface area (Å²) in [4.78, 5) is -0.279. The van der Waals surface area contributed by atoms with Crippen LogP contribution in [0.15, 0.2) is 53.4 Å². The number of hydrogen-bond donors (Lipinski definition) is 1. The van der Waals surface area contributed by atoms with Gasteiger partial charge < -0.3 is 5.73 Å². The summed E-state index contributed by atoms with van der Waals surface area (Å²) in [5.74, 6) is -0.775. The van der Waals surface area contributed by atoms with Crippen molar-refractivity contribution in [2.75, 3.05) is 13.1 Å². The van der Waals surface area contributed by atoms with Crippen LogP contribution in [0.3, 0.4) is 0 Å². The third-order valence-electron chi connectivity index (χ3n) is 4.33. The van der Waals surface area contributed by atoms with Gasteiger partial charge in [0.05, 0.1) is 0 Å². The van der Waals surface area contributed by atoms with Crippen LogP contribution < -0.4 is 5.73 Å². The molecule has 0 unspecified atom stereocenters. The summed E-state index contributed by atoms with van der Waals surface area (Å²) in [6.45, 7) is 2.01. The van der Waals surface area contributed by atoms with Crippen LogP contribution in [0.2, 0.25) is 0 Å². The topological polar surface area (TPSA) is 63.4 Å². The van der Waals surface area contributed by atoms with E-state index in [9.17, 15) is 12.8 Å². The second kappa shape index (κ2) is 7.19. The highest BCUT2D eigenvalue weighted by molar-refractivity contribution is 7.89. The van der Waals surface area contributed by atoms with Gasteiger partial charge in [-0.05, 0) is 24.1 Å². The highest BCUT2D eigenvalue weighted by Crippen LogP contribution is 2.31. The maximum absolute atomic E-state index is 14.2. The van der Waals surface area contributed by atoms with Gasteiger partial charge in [-0.15, -0.1) is 12.4 Å². The Bertz CT molecular complexity index is 815. The largest absolute Gasteiger partial charge is 0.326 e. The summed E-state index contributed by atoms with van der Waals surface area (Å²) in [7, 11) is -3.89. The van der Waals surface area contributed by atoms with Gasteiger partial charge in [-0.2, -0.15) is 4.31 Å². The normalized spacial score (nSPS) is 21.5. The van der Waals surface area contributed by atoms with E-state index in [1.807, 2.05) is 30.3 Å². The number of halogens is 2. The molecule has 24 heavy (non-hydrogen) atoms. The first kappa shape index (κ1) is 18.9. The summed E-state index contributed by atoms with van der Waals surface area (Å²) in [5, 5.41) is 0. The smallest absolute Gasteiger partial charge is 0.246 e. The van der Waals surface area contributed by atoms with Crippen molar-refractivity contribution in [1.82, 2.24) is 4.31 Å². The molecule has 2 N–H and O–H groups in total. The minimum atomic E-state index is -3.89. The van der Waals surface area contributed by atoms with Crippen molar-refractivity contribution in [2.24, 2.45) is 5.73 Å². The lowest BCUT2D eigenvalue weighted by Crippen LogP contribution is -2.32. The molecule has 2 aromatic rings. The van der Waals surface area contributed by atoms with E-state index in [1.165, 1.54) is 10.4 Å². The maximum Gasteiger partial charge on any atom is 0.246 e. The molecule has 0 amide bonds. The van der Waals surface area contributed by atoms with Crippen molar-refractivity contribution in [3.05, 3.63) is 65.5 Å². The fourth-order valence-electron chi connectivity index (χ4n) is 3.00. The molecule has 0 spiro atoms. The standard InChI is InChI=1S/C17H19FN2O2S.ClH/c1-12-6-5-9-16(17(12)18)23(21,22)20-10-14(15(19)11-20)13-7-3-2-4-8-13;/h2-9,14-15H,10-11,19H2,1H3;1H/t14-,15+;/m0./s1. The predicted octanol–water partition coefficient (Wildman–Crippen LogP) is 2.67. The fraction of sp³-hybridized carbons (Fsp3) is 0.294. The van der Waals surface area contributed by atoms with E-state index < -0.39 is 15.8 Å². The second-order valence-electron chi connectivity index (χ2n) is 5.89. The number of benzene rings is 2. The van der Waals surface area contributed by atoms with Gasteiger partial charge in [0.1, 0.15) is 10.7 Å². The molecular formula is C17H20ClFN2O2S. The molecule has 2 atom stereocenters. The van der Waals surface area contributed by atoms with E-state index in [0.717, 1.165) is 5.56 Å². The Hall–Kier alpha value is -1.47. The lowest BCUT2D eigenvalue weighted by molar-refractivity contribution is 0.462. The van der Waals surface area contributed by atoms with E-state index in [0.29, 0.717) is 5.56 Å². The molecule has 0 radical (unpaired) electrons. The van der Waals surface area contributed by atoms with E-state index in [4.69, 9.17) is 5.73 Å². The van der Waals surface area contributed by atoms with Gasteiger partial charge in [-0.25, -0.2) is 12.8 Å². The van der Waals surface area contributed by atoms with Crippen LogP contribution in [-0.4, -0.2) is 31.9 Å². The molecule has 0 aliphatic carbocycles. The first-order valence-corrected chi connectivity index (χ1v) is 8.91. The number of hydrogen-bond acceptors (Lipinski definition) is 3. The molecule has 0 aromatic heterocycles. The number of nitrogens with two attached hydrogens (primary N) is 1. The van der Waals surface area contributed by atoms with Crippen LogP contribution in [0.4, 0.5) is 4.39 Å². The Balaban J connectivity index is 0.00000208. The summed E-state index contributed by atoms with van der Waals surface area (Å²) in [6, 6.07) is 13.7. The van der Waals surface area contributed by atoms with Crippen molar-refractivity contribution in [3.8, 4) is 0 Å². The monoisotopic (exact) mass is 370 g/mol. The molecule has 1 aliphatic heterocycles. The molecule has 1 aliphatic rings. The minimum Gasteiger partial charge on any atom is -0.326 e. The SMILES string of the molecule is Cc1cccc(S(=O)(=O)N2C[C@@H](N)[C@H](c3ccccc3)C2)c1F.Cl. The van der Waals surface area contributed by atoms with E-state index in [-0.39, 0.29) is 42.4 Å². The molecule has 7 heteroatoms. The molecule has 0 bridgehead atoms. The van der Waals surface area contributed by atoms with Crippen LogP contribution in [0, 0.1) is 12.7 Å². The van der Waals surface area contributed by atoms with Crippen molar-refractivity contribution >= 4 is 22.4 Å². The van der Waals surface area contributed by atoms with Crippen molar-refractivity contribution in [3.63, 3.8) is 0 Å². The zero-order chi connectivity index (χ0) is 16.6. The summed E-state index contributed by atoms with van der Waals surface area (Å²) in [5.41, 5.74) is 7.46. The molecule has 1 fully saturated rings. The van der Waals surface area contributed by atoms with Crippen molar-refractivity contribution in [2.45, 2.75) is 23.8 Å². The van der Waals surface area contributed by atoms with Crippen molar-refractivity contribution < 1.29 is 12.8 Å². The lowest BCUT2D eigenvalue weighted by Gasteiger charge is -2.17. The van der Waals surface area contributed by atoms with Gasteiger partial charge in [0.2, 0.25) is 10.0 Å².